The summed E-state index contributed by atoms with van der Waals surface area (Å²) in [4.78, 5) is 6.58. The molecule has 1 aliphatic heterocycles. The van der Waals surface area contributed by atoms with Crippen LogP contribution in [0.2, 0.25) is 0 Å². The minimum atomic E-state index is 0.842. The van der Waals surface area contributed by atoms with E-state index < -0.39 is 0 Å². The largest absolute Gasteiger partial charge is 0.399 e. The first-order chi connectivity index (χ1) is 7.34. The normalized spacial score (nSPS) is 14.3. The molecule has 0 atom stereocenters. The van der Waals surface area contributed by atoms with Gasteiger partial charge in [-0.1, -0.05) is 0 Å². The van der Waals surface area contributed by atoms with E-state index >= 15 is 0 Å². The number of benzene rings is 1. The van der Waals surface area contributed by atoms with Crippen molar-refractivity contribution in [3.05, 3.63) is 35.3 Å². The molecule has 76 valence electrons. The number of nitrogen functional groups attached to an aromatic ring is 1. The molecular formula is C11H11N3S. The highest BCUT2D eigenvalue weighted by molar-refractivity contribution is 7.13. The Hall–Kier alpha value is -1.55. The molecule has 3 rings (SSSR count). The van der Waals surface area contributed by atoms with Crippen LogP contribution in [-0.4, -0.2) is 11.5 Å². The molecule has 0 aliphatic carbocycles. The molecule has 0 radical (unpaired) electrons. The van der Waals surface area contributed by atoms with Crippen LogP contribution in [0.3, 0.4) is 0 Å². The van der Waals surface area contributed by atoms with Crippen LogP contribution in [0.25, 0.3) is 0 Å². The third-order valence-electron chi connectivity index (χ3n) is 2.65. The summed E-state index contributed by atoms with van der Waals surface area (Å²) in [5, 5.41) is 3.07. The van der Waals surface area contributed by atoms with Gasteiger partial charge in [-0.25, -0.2) is 4.98 Å². The molecule has 0 spiro atoms. The van der Waals surface area contributed by atoms with Gasteiger partial charge in [0, 0.05) is 29.5 Å². The van der Waals surface area contributed by atoms with Crippen LogP contribution in [0, 0.1) is 0 Å². The summed E-state index contributed by atoms with van der Waals surface area (Å²) >= 11 is 1.67. The smallest absolute Gasteiger partial charge is 0.189 e. The maximum Gasteiger partial charge on any atom is 0.189 e. The second-order valence-electron chi connectivity index (χ2n) is 3.60. The Morgan fingerprint density at radius 2 is 2.33 bits per heavy atom. The van der Waals surface area contributed by atoms with Crippen molar-refractivity contribution in [2.24, 2.45) is 0 Å². The second-order valence-corrected chi connectivity index (χ2v) is 4.48. The highest BCUT2D eigenvalue weighted by Gasteiger charge is 2.21. The second kappa shape index (κ2) is 3.24. The zero-order valence-corrected chi connectivity index (χ0v) is 9.00. The van der Waals surface area contributed by atoms with E-state index in [9.17, 15) is 0 Å². The van der Waals surface area contributed by atoms with E-state index in [1.54, 1.807) is 11.3 Å². The lowest BCUT2D eigenvalue weighted by Gasteiger charge is -2.15. The molecule has 15 heavy (non-hydrogen) atoms. The predicted octanol–water partition coefficient (Wildman–Crippen LogP) is 2.42. The van der Waals surface area contributed by atoms with E-state index in [0.29, 0.717) is 0 Å². The Bertz CT molecular complexity index is 479. The maximum atomic E-state index is 5.76. The minimum absolute atomic E-state index is 0.842. The molecule has 2 N–H and O–H groups in total. The number of nitrogens with zero attached hydrogens (tertiary/aromatic N) is 2. The fourth-order valence-electron chi connectivity index (χ4n) is 1.97. The molecule has 0 fully saturated rings. The quantitative estimate of drug-likeness (QED) is 0.746. The van der Waals surface area contributed by atoms with E-state index in [1.165, 1.54) is 11.3 Å². The van der Waals surface area contributed by atoms with Crippen LogP contribution >= 0.6 is 11.3 Å². The van der Waals surface area contributed by atoms with Crippen molar-refractivity contribution >= 4 is 27.8 Å². The van der Waals surface area contributed by atoms with Crippen LogP contribution in [0.1, 0.15) is 5.56 Å². The van der Waals surface area contributed by atoms with Crippen molar-refractivity contribution in [1.82, 2.24) is 4.98 Å². The summed E-state index contributed by atoms with van der Waals surface area (Å²) in [5.74, 6) is 0. The van der Waals surface area contributed by atoms with Gasteiger partial charge in [-0.2, -0.15) is 0 Å². The third kappa shape index (κ3) is 1.37. The van der Waals surface area contributed by atoms with Crippen LogP contribution in [0.5, 0.6) is 0 Å². The Balaban J connectivity index is 2.05. The number of hydrogen-bond acceptors (Lipinski definition) is 4. The summed E-state index contributed by atoms with van der Waals surface area (Å²) in [6, 6.07) is 6.09. The summed E-state index contributed by atoms with van der Waals surface area (Å²) in [7, 11) is 0. The average molecular weight is 217 g/mol. The lowest BCUT2D eigenvalue weighted by atomic mass is 10.1. The topological polar surface area (TPSA) is 42.1 Å². The standard InChI is InChI=1S/C11H11N3S/c12-9-1-2-10-8(7-9)3-5-14(10)11-13-4-6-15-11/h1-2,4,6-7H,3,5,12H2. The molecule has 1 aromatic carbocycles. The van der Waals surface area contributed by atoms with E-state index in [-0.39, 0.29) is 0 Å². The summed E-state index contributed by atoms with van der Waals surface area (Å²) in [6.07, 6.45) is 2.90. The van der Waals surface area contributed by atoms with Crippen molar-refractivity contribution in [1.29, 1.82) is 0 Å². The summed E-state index contributed by atoms with van der Waals surface area (Å²) < 4.78 is 0. The van der Waals surface area contributed by atoms with Gasteiger partial charge in [-0.15, -0.1) is 11.3 Å². The van der Waals surface area contributed by atoms with Gasteiger partial charge in [0.2, 0.25) is 0 Å². The van der Waals surface area contributed by atoms with E-state index in [0.717, 1.165) is 23.8 Å². The molecule has 0 unspecified atom stereocenters. The Labute approximate surface area is 92.2 Å². The van der Waals surface area contributed by atoms with E-state index in [2.05, 4.69) is 22.0 Å². The van der Waals surface area contributed by atoms with Crippen molar-refractivity contribution in [2.75, 3.05) is 17.2 Å². The number of rotatable bonds is 1. The first-order valence-electron chi connectivity index (χ1n) is 4.90. The molecule has 2 aromatic rings. The Morgan fingerprint density at radius 1 is 1.40 bits per heavy atom. The predicted molar refractivity (Wildman–Crippen MR) is 63.7 cm³/mol. The van der Waals surface area contributed by atoms with Crippen molar-refractivity contribution in [2.45, 2.75) is 6.42 Å². The SMILES string of the molecule is Nc1ccc2c(c1)CCN2c1nccs1. The molecule has 1 aromatic heterocycles. The monoisotopic (exact) mass is 217 g/mol. The number of hydrogen-bond donors (Lipinski definition) is 1. The van der Waals surface area contributed by atoms with Gasteiger partial charge in [0.25, 0.3) is 0 Å². The fourth-order valence-corrected chi connectivity index (χ4v) is 2.65. The Morgan fingerprint density at radius 3 is 3.13 bits per heavy atom. The van der Waals surface area contributed by atoms with Crippen molar-refractivity contribution < 1.29 is 0 Å². The third-order valence-corrected chi connectivity index (χ3v) is 3.44. The van der Waals surface area contributed by atoms with Crippen LogP contribution in [-0.2, 0) is 6.42 Å². The number of fused-ring (bicyclic) bond motifs is 1. The molecule has 1 aliphatic rings. The van der Waals surface area contributed by atoms with Gasteiger partial charge in [-0.3, -0.25) is 0 Å². The molecule has 4 heteroatoms. The molecule has 2 heterocycles. The average Bonchev–Trinajstić information content (AvgIpc) is 2.82. The molecular weight excluding hydrogens is 206 g/mol. The van der Waals surface area contributed by atoms with E-state index in [4.69, 9.17) is 5.73 Å². The van der Waals surface area contributed by atoms with Gasteiger partial charge in [0.15, 0.2) is 5.13 Å². The fraction of sp³-hybridized carbons (Fsp3) is 0.182. The lowest BCUT2D eigenvalue weighted by Crippen LogP contribution is -2.12. The maximum absolute atomic E-state index is 5.76. The number of anilines is 3. The molecule has 0 bridgehead atoms. The molecule has 0 saturated heterocycles. The minimum Gasteiger partial charge on any atom is -0.399 e. The first kappa shape index (κ1) is 8.73. The lowest BCUT2D eigenvalue weighted by molar-refractivity contribution is 0.990. The zero-order chi connectivity index (χ0) is 10.3. The van der Waals surface area contributed by atoms with Gasteiger partial charge in [-0.05, 0) is 30.2 Å². The number of aromatic nitrogens is 1. The van der Waals surface area contributed by atoms with Crippen LogP contribution < -0.4 is 10.6 Å². The summed E-state index contributed by atoms with van der Waals surface area (Å²) in [5.41, 5.74) is 9.18. The highest BCUT2D eigenvalue weighted by Crippen LogP contribution is 2.36. The summed E-state index contributed by atoms with van der Waals surface area (Å²) in [6.45, 7) is 1.01. The van der Waals surface area contributed by atoms with E-state index in [1.807, 2.05) is 17.6 Å². The highest BCUT2D eigenvalue weighted by atomic mass is 32.1. The van der Waals surface area contributed by atoms with Crippen molar-refractivity contribution in [3.8, 4) is 0 Å². The number of thiazole rings is 1. The number of nitrogens with two attached hydrogens (primary N) is 1. The van der Waals surface area contributed by atoms with Crippen molar-refractivity contribution in [3.63, 3.8) is 0 Å². The van der Waals surface area contributed by atoms with Gasteiger partial charge in [0.1, 0.15) is 0 Å². The van der Waals surface area contributed by atoms with Gasteiger partial charge >= 0.3 is 0 Å². The molecule has 3 nitrogen and oxygen atoms in total. The zero-order valence-electron chi connectivity index (χ0n) is 8.18. The Kier molecular flexibility index (Phi) is 1.89. The molecule has 0 amide bonds. The van der Waals surface area contributed by atoms with Gasteiger partial charge in [0.05, 0.1) is 0 Å². The first-order valence-corrected chi connectivity index (χ1v) is 5.78. The van der Waals surface area contributed by atoms with Crippen LogP contribution in [0.4, 0.5) is 16.5 Å². The van der Waals surface area contributed by atoms with Gasteiger partial charge < -0.3 is 10.6 Å². The molecule has 0 saturated carbocycles. The van der Waals surface area contributed by atoms with Crippen LogP contribution in [0.15, 0.2) is 29.8 Å².